The zero-order chi connectivity index (χ0) is 14.9. The van der Waals surface area contributed by atoms with Crippen LogP contribution in [0.3, 0.4) is 0 Å². The molecule has 0 atom stereocenters. The normalized spacial score (nSPS) is 11.0. The van der Waals surface area contributed by atoms with E-state index in [2.05, 4.69) is 0 Å². The first-order valence-corrected chi connectivity index (χ1v) is 7.07. The zero-order valence-corrected chi connectivity index (χ0v) is 12.7. The maximum Gasteiger partial charge on any atom is 0.575 e. The monoisotopic (exact) mass is 318 g/mol. The maximum atomic E-state index is 5.80. The fourth-order valence-electron chi connectivity index (χ4n) is 1.52. The van der Waals surface area contributed by atoms with Crippen molar-refractivity contribution < 1.29 is 9.31 Å². The van der Waals surface area contributed by atoms with E-state index >= 15 is 0 Å². The van der Waals surface area contributed by atoms with E-state index in [1.807, 2.05) is 60.7 Å². The van der Waals surface area contributed by atoms with Gasteiger partial charge in [-0.1, -0.05) is 47.5 Å². The van der Waals surface area contributed by atoms with Crippen molar-refractivity contribution in [2.45, 2.75) is 0 Å². The van der Waals surface area contributed by atoms with Crippen LogP contribution in [0.15, 0.2) is 61.1 Å². The summed E-state index contributed by atoms with van der Waals surface area (Å²) in [5.74, 6) is 0. The highest BCUT2D eigenvalue weighted by atomic mass is 35.5. The highest BCUT2D eigenvalue weighted by molar-refractivity contribution is 6.30. The van der Waals surface area contributed by atoms with Gasteiger partial charge in [-0.05, 0) is 47.5 Å². The van der Waals surface area contributed by atoms with Gasteiger partial charge in [0.2, 0.25) is 0 Å². The molecule has 5 heteroatoms. The van der Waals surface area contributed by atoms with Gasteiger partial charge in [-0.2, -0.15) is 0 Å². The number of rotatable bonds is 6. The van der Waals surface area contributed by atoms with Crippen molar-refractivity contribution in [3.63, 3.8) is 0 Å². The molecule has 0 N–H and O–H groups in total. The van der Waals surface area contributed by atoms with Crippen LogP contribution in [0.4, 0.5) is 0 Å². The Morgan fingerprint density at radius 3 is 1.43 bits per heavy atom. The lowest BCUT2D eigenvalue weighted by atomic mass is 10.2. The van der Waals surface area contributed by atoms with Gasteiger partial charge in [-0.3, -0.25) is 0 Å². The lowest BCUT2D eigenvalue weighted by Crippen LogP contribution is -1.93. The SMILES string of the molecule is Clc1ccc(C=COBOC=Cc2ccc(Cl)cc2)cc1. The average molecular weight is 319 g/mol. The predicted octanol–water partition coefficient (Wildman–Crippen LogP) is 4.93. The van der Waals surface area contributed by atoms with Crippen molar-refractivity contribution in [3.8, 4) is 0 Å². The molecule has 0 saturated heterocycles. The Balaban J connectivity index is 1.67. The van der Waals surface area contributed by atoms with Gasteiger partial charge in [0.25, 0.3) is 0 Å². The average Bonchev–Trinajstić information content (AvgIpc) is 2.50. The van der Waals surface area contributed by atoms with Crippen LogP contribution in [0.1, 0.15) is 11.1 Å². The number of hydrogen-bond acceptors (Lipinski definition) is 2. The summed E-state index contributed by atoms with van der Waals surface area (Å²) in [5, 5.41) is 1.42. The van der Waals surface area contributed by atoms with E-state index in [9.17, 15) is 0 Å². The van der Waals surface area contributed by atoms with Gasteiger partial charge in [-0.25, -0.2) is 0 Å². The van der Waals surface area contributed by atoms with Crippen LogP contribution in [0, 0.1) is 0 Å². The Kier molecular flexibility index (Phi) is 6.26. The smallest absolute Gasteiger partial charge is 0.535 e. The van der Waals surface area contributed by atoms with E-state index in [-0.39, 0.29) is 7.69 Å². The number of hydrogen-bond donors (Lipinski definition) is 0. The Morgan fingerprint density at radius 2 is 1.05 bits per heavy atom. The molecule has 0 aromatic heterocycles. The van der Waals surface area contributed by atoms with Crippen molar-refractivity contribution in [2.75, 3.05) is 0 Å². The molecule has 0 bridgehead atoms. The van der Waals surface area contributed by atoms with Gasteiger partial charge >= 0.3 is 7.69 Å². The largest absolute Gasteiger partial charge is 0.575 e. The molecule has 0 unspecified atom stereocenters. The predicted molar refractivity (Wildman–Crippen MR) is 90.3 cm³/mol. The highest BCUT2D eigenvalue weighted by Crippen LogP contribution is 2.11. The summed E-state index contributed by atoms with van der Waals surface area (Å²) in [6.07, 6.45) is 6.84. The molecule has 0 aliphatic carbocycles. The van der Waals surface area contributed by atoms with Crippen LogP contribution >= 0.6 is 23.2 Å². The fraction of sp³-hybridized carbons (Fsp3) is 0. The second-order valence-electron chi connectivity index (χ2n) is 4.16. The summed E-state index contributed by atoms with van der Waals surface area (Å²) in [6.45, 7) is 0. The molecule has 0 aliphatic rings. The minimum Gasteiger partial charge on any atom is -0.535 e. The molecule has 0 radical (unpaired) electrons. The van der Waals surface area contributed by atoms with Crippen molar-refractivity contribution in [3.05, 3.63) is 82.2 Å². The molecule has 2 aromatic carbocycles. The summed E-state index contributed by atoms with van der Waals surface area (Å²) in [6, 6.07) is 14.9. The molecule has 0 fully saturated rings. The van der Waals surface area contributed by atoms with Crippen LogP contribution in [0.5, 0.6) is 0 Å². The summed E-state index contributed by atoms with van der Waals surface area (Å²) in [4.78, 5) is 0. The van der Waals surface area contributed by atoms with E-state index in [1.165, 1.54) is 0 Å². The Bertz CT molecular complexity index is 552. The standard InChI is InChI=1S/C16H13BCl2O2/c18-15-5-1-13(2-6-15)9-11-20-17-21-12-10-14-3-7-16(19)8-4-14/h1-12,17H. The molecule has 0 heterocycles. The topological polar surface area (TPSA) is 18.5 Å². The zero-order valence-electron chi connectivity index (χ0n) is 11.2. The summed E-state index contributed by atoms with van der Waals surface area (Å²) < 4.78 is 10.4. The van der Waals surface area contributed by atoms with E-state index < -0.39 is 0 Å². The number of benzene rings is 2. The molecular formula is C16H13BCl2O2. The molecule has 106 valence electrons. The quantitative estimate of drug-likeness (QED) is 0.427. The molecule has 0 spiro atoms. The first kappa shape index (κ1) is 15.6. The molecule has 2 nitrogen and oxygen atoms in total. The molecule has 2 rings (SSSR count). The summed E-state index contributed by atoms with van der Waals surface area (Å²) >= 11 is 11.6. The van der Waals surface area contributed by atoms with E-state index in [4.69, 9.17) is 32.5 Å². The Labute approximate surface area is 134 Å². The Hall–Kier alpha value is -1.84. The van der Waals surface area contributed by atoms with Crippen LogP contribution in [-0.2, 0) is 9.31 Å². The summed E-state index contributed by atoms with van der Waals surface area (Å²) in [7, 11) is 0.147. The minimum absolute atomic E-state index is 0.147. The molecule has 0 amide bonds. The van der Waals surface area contributed by atoms with E-state index in [1.54, 1.807) is 12.5 Å². The van der Waals surface area contributed by atoms with E-state index in [0.29, 0.717) is 10.0 Å². The van der Waals surface area contributed by atoms with E-state index in [0.717, 1.165) is 11.1 Å². The van der Waals surface area contributed by atoms with Gasteiger partial charge < -0.3 is 9.31 Å². The summed E-state index contributed by atoms with van der Waals surface area (Å²) in [5.41, 5.74) is 2.02. The fourth-order valence-corrected chi connectivity index (χ4v) is 1.77. The van der Waals surface area contributed by atoms with Crippen LogP contribution in [0.2, 0.25) is 10.0 Å². The molecule has 0 aliphatic heterocycles. The second kappa shape index (κ2) is 8.45. The number of halogens is 2. The van der Waals surface area contributed by atoms with Crippen molar-refractivity contribution >= 4 is 43.0 Å². The van der Waals surface area contributed by atoms with Crippen LogP contribution in [0.25, 0.3) is 12.2 Å². The second-order valence-corrected chi connectivity index (χ2v) is 5.03. The lowest BCUT2D eigenvalue weighted by Gasteiger charge is -1.98. The van der Waals surface area contributed by atoms with Gasteiger partial charge in [0, 0.05) is 10.0 Å². The molecule has 0 saturated carbocycles. The van der Waals surface area contributed by atoms with Gasteiger partial charge in [-0.15, -0.1) is 0 Å². The van der Waals surface area contributed by atoms with Crippen molar-refractivity contribution in [2.24, 2.45) is 0 Å². The van der Waals surface area contributed by atoms with Crippen molar-refractivity contribution in [1.82, 2.24) is 0 Å². The highest BCUT2D eigenvalue weighted by Gasteiger charge is 1.90. The third-order valence-electron chi connectivity index (χ3n) is 2.59. The molecule has 2 aromatic rings. The van der Waals surface area contributed by atoms with Crippen LogP contribution < -0.4 is 0 Å². The third kappa shape index (κ3) is 5.98. The van der Waals surface area contributed by atoms with Crippen molar-refractivity contribution in [1.29, 1.82) is 0 Å². The Morgan fingerprint density at radius 1 is 0.667 bits per heavy atom. The first-order valence-electron chi connectivity index (χ1n) is 6.31. The lowest BCUT2D eigenvalue weighted by molar-refractivity contribution is 0.380. The maximum absolute atomic E-state index is 5.80. The van der Waals surface area contributed by atoms with Gasteiger partial charge in [0.05, 0.1) is 12.5 Å². The minimum atomic E-state index is 0.147. The molecular weight excluding hydrogens is 306 g/mol. The first-order chi connectivity index (χ1) is 10.2. The van der Waals surface area contributed by atoms with Crippen LogP contribution in [-0.4, -0.2) is 7.69 Å². The van der Waals surface area contributed by atoms with Gasteiger partial charge in [0.15, 0.2) is 0 Å². The van der Waals surface area contributed by atoms with Gasteiger partial charge in [0.1, 0.15) is 0 Å². The third-order valence-corrected chi connectivity index (χ3v) is 3.09. The molecule has 21 heavy (non-hydrogen) atoms.